The van der Waals surface area contributed by atoms with Gasteiger partial charge in [0.1, 0.15) is 0 Å². The van der Waals surface area contributed by atoms with E-state index in [1.807, 2.05) is 37.3 Å². The predicted molar refractivity (Wildman–Crippen MR) is 67.0 cm³/mol. The lowest BCUT2D eigenvalue weighted by Crippen LogP contribution is -2.28. The van der Waals surface area contributed by atoms with E-state index in [9.17, 15) is 9.90 Å². The van der Waals surface area contributed by atoms with Crippen LogP contribution >= 0.6 is 0 Å². The van der Waals surface area contributed by atoms with Gasteiger partial charge in [-0.1, -0.05) is 43.7 Å². The molecular formula is C14H18NO2-. The molecule has 0 aliphatic carbocycles. The Balaban J connectivity index is 2.36. The fourth-order valence-electron chi connectivity index (χ4n) is 1.44. The zero-order valence-corrected chi connectivity index (χ0v) is 10.2. The summed E-state index contributed by atoms with van der Waals surface area (Å²) >= 11 is 0. The second-order valence-corrected chi connectivity index (χ2v) is 3.95. The molecule has 0 radical (unpaired) electrons. The van der Waals surface area contributed by atoms with Gasteiger partial charge in [-0.25, -0.2) is 0 Å². The summed E-state index contributed by atoms with van der Waals surface area (Å²) in [4.78, 5) is 15.2. The number of rotatable bonds is 7. The van der Waals surface area contributed by atoms with Gasteiger partial charge in [0, 0.05) is 18.9 Å². The van der Waals surface area contributed by atoms with E-state index < -0.39 is 5.90 Å². The molecular weight excluding hydrogens is 214 g/mol. The molecule has 17 heavy (non-hydrogen) atoms. The molecule has 0 aliphatic heterocycles. The topological polar surface area (TPSA) is 52.5 Å². The first-order chi connectivity index (χ1) is 8.24. The molecule has 0 unspecified atom stereocenters. The van der Waals surface area contributed by atoms with Gasteiger partial charge in [-0.2, -0.15) is 0 Å². The molecule has 0 aromatic heterocycles. The second-order valence-electron chi connectivity index (χ2n) is 3.95. The van der Waals surface area contributed by atoms with Gasteiger partial charge in [0.25, 0.3) is 0 Å². The minimum Gasteiger partial charge on any atom is -0.856 e. The highest BCUT2D eigenvalue weighted by Gasteiger charge is 2.02. The molecule has 3 nitrogen and oxygen atoms in total. The van der Waals surface area contributed by atoms with Crippen molar-refractivity contribution in [1.29, 1.82) is 0 Å². The summed E-state index contributed by atoms with van der Waals surface area (Å²) in [5.41, 5.74) is 1.07. The molecule has 0 N–H and O–H groups in total. The maximum Gasteiger partial charge on any atom is 0.166 e. The fourth-order valence-corrected chi connectivity index (χ4v) is 1.44. The van der Waals surface area contributed by atoms with E-state index in [1.165, 1.54) is 0 Å². The summed E-state index contributed by atoms with van der Waals surface area (Å²) in [6, 6.07) is 9.68. The van der Waals surface area contributed by atoms with E-state index in [0.717, 1.165) is 18.4 Å². The third-order valence-electron chi connectivity index (χ3n) is 2.49. The van der Waals surface area contributed by atoms with Crippen molar-refractivity contribution in [3.63, 3.8) is 0 Å². The molecule has 0 atom stereocenters. The Morgan fingerprint density at radius 1 is 1.29 bits per heavy atom. The van der Waals surface area contributed by atoms with Crippen LogP contribution in [0.1, 0.15) is 31.7 Å². The van der Waals surface area contributed by atoms with Crippen LogP contribution in [0.5, 0.6) is 0 Å². The highest BCUT2D eigenvalue weighted by Crippen LogP contribution is 2.02. The zero-order valence-electron chi connectivity index (χ0n) is 10.2. The van der Waals surface area contributed by atoms with Crippen molar-refractivity contribution in [1.82, 2.24) is 0 Å². The van der Waals surface area contributed by atoms with Crippen LogP contribution in [0.4, 0.5) is 0 Å². The Hall–Kier alpha value is -1.64. The SMILES string of the molecule is CCCCN=C([O-])C(=O)CCc1ccccc1. The maximum absolute atomic E-state index is 11.5. The number of aliphatic imine (C=N–C) groups is 1. The van der Waals surface area contributed by atoms with Crippen LogP contribution < -0.4 is 5.11 Å². The van der Waals surface area contributed by atoms with E-state index in [-0.39, 0.29) is 12.2 Å². The first-order valence-corrected chi connectivity index (χ1v) is 6.02. The molecule has 1 rings (SSSR count). The molecule has 92 valence electrons. The molecule has 0 aliphatic rings. The Morgan fingerprint density at radius 2 is 2.00 bits per heavy atom. The highest BCUT2D eigenvalue weighted by molar-refractivity contribution is 6.34. The van der Waals surface area contributed by atoms with Crippen LogP contribution in [0.3, 0.4) is 0 Å². The number of hydrogen-bond donors (Lipinski definition) is 0. The number of carbonyl (C=O) groups excluding carboxylic acids is 1. The largest absolute Gasteiger partial charge is 0.856 e. The van der Waals surface area contributed by atoms with Gasteiger partial charge < -0.3 is 5.11 Å². The van der Waals surface area contributed by atoms with Gasteiger partial charge in [-0.05, 0) is 18.4 Å². The van der Waals surface area contributed by atoms with Gasteiger partial charge in [-0.3, -0.25) is 9.79 Å². The molecule has 1 aromatic rings. The molecule has 0 spiro atoms. The minimum absolute atomic E-state index is 0.248. The number of Topliss-reactive ketones (excluding diaryl/α,β-unsaturated/α-hetero) is 1. The standard InChI is InChI=1S/C14H19NO2/c1-2-3-11-15-14(17)13(16)10-9-12-7-5-4-6-8-12/h4-8H,2-3,9-11H2,1H3,(H,15,17)/p-1. The molecule has 1 aromatic carbocycles. The van der Waals surface area contributed by atoms with E-state index in [1.54, 1.807) is 0 Å². The molecule has 3 heteroatoms. The zero-order chi connectivity index (χ0) is 12.5. The lowest BCUT2D eigenvalue weighted by atomic mass is 10.1. The first-order valence-electron chi connectivity index (χ1n) is 6.02. The number of carbonyl (C=O) groups is 1. The number of ketones is 1. The summed E-state index contributed by atoms with van der Waals surface area (Å²) in [6.07, 6.45) is 2.69. The van der Waals surface area contributed by atoms with E-state index in [2.05, 4.69) is 4.99 Å². The Kier molecular flexibility index (Phi) is 6.00. The van der Waals surface area contributed by atoms with Crippen molar-refractivity contribution in [2.24, 2.45) is 4.99 Å². The number of nitrogens with zero attached hydrogens (tertiary/aromatic N) is 1. The van der Waals surface area contributed by atoms with Crippen LogP contribution in [-0.2, 0) is 11.2 Å². The van der Waals surface area contributed by atoms with Crippen molar-refractivity contribution in [3.8, 4) is 0 Å². The summed E-state index contributed by atoms with van der Waals surface area (Å²) in [7, 11) is 0. The van der Waals surface area contributed by atoms with Crippen LogP contribution in [0.25, 0.3) is 0 Å². The van der Waals surface area contributed by atoms with E-state index >= 15 is 0 Å². The molecule has 0 fully saturated rings. The monoisotopic (exact) mass is 232 g/mol. The second kappa shape index (κ2) is 7.60. The van der Waals surface area contributed by atoms with Gasteiger partial charge in [0.15, 0.2) is 5.78 Å². The smallest absolute Gasteiger partial charge is 0.166 e. The van der Waals surface area contributed by atoms with Crippen LogP contribution in [0.15, 0.2) is 35.3 Å². The van der Waals surface area contributed by atoms with Crippen LogP contribution in [-0.4, -0.2) is 18.2 Å². The summed E-state index contributed by atoms with van der Waals surface area (Å²) < 4.78 is 0. The lowest BCUT2D eigenvalue weighted by molar-refractivity contribution is -0.218. The molecule has 0 saturated carbocycles. The van der Waals surface area contributed by atoms with Gasteiger partial charge >= 0.3 is 0 Å². The number of benzene rings is 1. The third kappa shape index (κ3) is 5.29. The van der Waals surface area contributed by atoms with Crippen LogP contribution in [0.2, 0.25) is 0 Å². The average Bonchev–Trinajstić information content (AvgIpc) is 2.37. The normalized spacial score (nSPS) is 11.5. The lowest BCUT2D eigenvalue weighted by Gasteiger charge is -2.09. The number of unbranched alkanes of at least 4 members (excludes halogenated alkanes) is 1. The quantitative estimate of drug-likeness (QED) is 0.408. The van der Waals surface area contributed by atoms with E-state index in [0.29, 0.717) is 13.0 Å². The summed E-state index contributed by atoms with van der Waals surface area (Å²) in [5.74, 6) is -0.959. The van der Waals surface area contributed by atoms with Gasteiger partial charge in [0.05, 0.1) is 0 Å². The molecule has 0 bridgehead atoms. The van der Waals surface area contributed by atoms with Crippen molar-refractivity contribution in [2.45, 2.75) is 32.6 Å². The predicted octanol–water partition coefficient (Wildman–Crippen LogP) is 1.75. The Bertz CT molecular complexity index is 371. The average molecular weight is 232 g/mol. The number of aryl methyl sites for hydroxylation is 1. The molecule has 0 amide bonds. The van der Waals surface area contributed by atoms with Gasteiger partial charge in [-0.15, -0.1) is 0 Å². The van der Waals surface area contributed by atoms with Gasteiger partial charge in [0.2, 0.25) is 0 Å². The first kappa shape index (κ1) is 13.4. The summed E-state index contributed by atoms with van der Waals surface area (Å²) in [6.45, 7) is 2.49. The van der Waals surface area contributed by atoms with E-state index in [4.69, 9.17) is 0 Å². The minimum atomic E-state index is -0.575. The van der Waals surface area contributed by atoms with Crippen molar-refractivity contribution < 1.29 is 9.90 Å². The highest BCUT2D eigenvalue weighted by atomic mass is 16.3. The maximum atomic E-state index is 11.5. The number of hydrogen-bond acceptors (Lipinski definition) is 3. The fraction of sp³-hybridized carbons (Fsp3) is 0.429. The van der Waals surface area contributed by atoms with Crippen LogP contribution in [0, 0.1) is 0 Å². The Morgan fingerprint density at radius 3 is 2.65 bits per heavy atom. The molecule has 0 saturated heterocycles. The van der Waals surface area contributed by atoms with Crippen molar-refractivity contribution in [2.75, 3.05) is 6.54 Å². The van der Waals surface area contributed by atoms with Crippen molar-refractivity contribution in [3.05, 3.63) is 35.9 Å². The van der Waals surface area contributed by atoms with Crippen molar-refractivity contribution >= 4 is 11.7 Å². The third-order valence-corrected chi connectivity index (χ3v) is 2.49. The molecule has 0 heterocycles. The Labute approximate surface area is 102 Å². The summed E-state index contributed by atoms with van der Waals surface area (Å²) in [5, 5.41) is 11.3.